The molecule has 2 heterocycles. The second-order valence-corrected chi connectivity index (χ2v) is 5.91. The predicted octanol–water partition coefficient (Wildman–Crippen LogP) is 1.69. The topological polar surface area (TPSA) is 50.3 Å². The second kappa shape index (κ2) is 7.55. The summed E-state index contributed by atoms with van der Waals surface area (Å²) in [6, 6.07) is 0. The molecule has 0 amide bonds. The zero-order valence-corrected chi connectivity index (χ0v) is 12.8. The van der Waals surface area contributed by atoms with E-state index in [1.807, 2.05) is 12.4 Å². The third-order valence-electron chi connectivity index (χ3n) is 3.66. The van der Waals surface area contributed by atoms with E-state index in [0.717, 1.165) is 56.1 Å². The molecule has 0 saturated carbocycles. The van der Waals surface area contributed by atoms with Crippen LogP contribution >= 0.6 is 0 Å². The Bertz CT molecular complexity index is 385. The summed E-state index contributed by atoms with van der Waals surface area (Å²) in [4.78, 5) is 11.3. The van der Waals surface area contributed by atoms with E-state index >= 15 is 0 Å². The summed E-state index contributed by atoms with van der Waals surface area (Å²) in [6.45, 7) is 9.09. The highest BCUT2D eigenvalue weighted by atomic mass is 16.5. The molecule has 0 spiro atoms. The molecule has 5 nitrogen and oxygen atoms in total. The van der Waals surface area contributed by atoms with E-state index < -0.39 is 0 Å². The molecule has 1 aliphatic rings. The third kappa shape index (κ3) is 4.42. The average molecular weight is 278 g/mol. The Morgan fingerprint density at radius 3 is 2.50 bits per heavy atom. The Morgan fingerprint density at radius 2 is 1.90 bits per heavy atom. The van der Waals surface area contributed by atoms with Gasteiger partial charge < -0.3 is 15.0 Å². The molecule has 20 heavy (non-hydrogen) atoms. The fourth-order valence-corrected chi connectivity index (χ4v) is 2.84. The summed E-state index contributed by atoms with van der Waals surface area (Å²) in [7, 11) is 1.71. The van der Waals surface area contributed by atoms with Crippen molar-refractivity contribution in [3.05, 3.63) is 18.0 Å². The van der Waals surface area contributed by atoms with Crippen LogP contribution < -0.4 is 10.2 Å². The lowest BCUT2D eigenvalue weighted by Gasteiger charge is -2.34. The highest BCUT2D eigenvalue weighted by Gasteiger charge is 2.23. The van der Waals surface area contributed by atoms with Crippen LogP contribution in [0.2, 0.25) is 0 Å². The molecule has 5 heteroatoms. The van der Waals surface area contributed by atoms with Gasteiger partial charge in [-0.15, -0.1) is 0 Å². The van der Waals surface area contributed by atoms with Crippen LogP contribution in [-0.2, 0) is 11.3 Å². The Kier molecular flexibility index (Phi) is 5.73. The number of aromatic nitrogens is 2. The van der Waals surface area contributed by atoms with E-state index in [4.69, 9.17) is 4.74 Å². The number of anilines is 1. The maximum Gasteiger partial charge on any atom is 0.225 e. The summed E-state index contributed by atoms with van der Waals surface area (Å²) in [6.07, 6.45) is 5.15. The van der Waals surface area contributed by atoms with Gasteiger partial charge in [0.25, 0.3) is 0 Å². The predicted molar refractivity (Wildman–Crippen MR) is 80.8 cm³/mol. The zero-order chi connectivity index (χ0) is 14.4. The van der Waals surface area contributed by atoms with Gasteiger partial charge in [0.05, 0.1) is 6.61 Å². The molecule has 0 aromatic carbocycles. The van der Waals surface area contributed by atoms with Crippen molar-refractivity contribution in [2.75, 3.05) is 38.3 Å². The Balaban J connectivity index is 1.87. The van der Waals surface area contributed by atoms with Crippen LogP contribution in [0.15, 0.2) is 12.4 Å². The lowest BCUT2D eigenvalue weighted by Crippen LogP contribution is -2.39. The van der Waals surface area contributed by atoms with Crippen molar-refractivity contribution < 1.29 is 4.74 Å². The first-order valence-corrected chi connectivity index (χ1v) is 7.44. The molecule has 0 radical (unpaired) electrons. The van der Waals surface area contributed by atoms with Crippen molar-refractivity contribution in [3.8, 4) is 0 Å². The van der Waals surface area contributed by atoms with E-state index in [1.54, 1.807) is 7.11 Å². The SMILES string of the molecule is COCCNCc1cnc(N2CC(C)CC(C)C2)nc1. The van der Waals surface area contributed by atoms with Gasteiger partial charge in [-0.25, -0.2) is 9.97 Å². The Labute approximate surface area is 121 Å². The Morgan fingerprint density at radius 1 is 1.25 bits per heavy atom. The van der Waals surface area contributed by atoms with Gasteiger partial charge in [0, 0.05) is 51.2 Å². The number of ether oxygens (including phenoxy) is 1. The molecule has 1 aromatic heterocycles. The average Bonchev–Trinajstić information content (AvgIpc) is 2.43. The molecular formula is C15H26N4O. The van der Waals surface area contributed by atoms with Crippen LogP contribution in [0.5, 0.6) is 0 Å². The van der Waals surface area contributed by atoms with Crippen LogP contribution in [0.3, 0.4) is 0 Å². The molecule has 2 atom stereocenters. The lowest BCUT2D eigenvalue weighted by atomic mass is 9.92. The molecule has 1 aliphatic heterocycles. The van der Waals surface area contributed by atoms with Crippen molar-refractivity contribution in [2.45, 2.75) is 26.8 Å². The van der Waals surface area contributed by atoms with Crippen molar-refractivity contribution in [1.82, 2.24) is 15.3 Å². The number of hydrogen-bond donors (Lipinski definition) is 1. The number of hydrogen-bond acceptors (Lipinski definition) is 5. The molecular weight excluding hydrogens is 252 g/mol. The quantitative estimate of drug-likeness (QED) is 0.803. The van der Waals surface area contributed by atoms with Gasteiger partial charge in [-0.1, -0.05) is 13.8 Å². The second-order valence-electron chi connectivity index (χ2n) is 5.91. The van der Waals surface area contributed by atoms with Crippen LogP contribution in [0.25, 0.3) is 0 Å². The fourth-order valence-electron chi connectivity index (χ4n) is 2.84. The maximum absolute atomic E-state index is 5.00. The molecule has 0 bridgehead atoms. The first-order chi connectivity index (χ1) is 9.69. The van der Waals surface area contributed by atoms with E-state index in [1.165, 1.54) is 6.42 Å². The van der Waals surface area contributed by atoms with Gasteiger partial charge in [-0.3, -0.25) is 0 Å². The molecule has 2 unspecified atom stereocenters. The van der Waals surface area contributed by atoms with E-state index in [2.05, 4.69) is 34.0 Å². The number of methoxy groups -OCH3 is 1. The van der Waals surface area contributed by atoms with Gasteiger partial charge >= 0.3 is 0 Å². The number of piperidine rings is 1. The van der Waals surface area contributed by atoms with Crippen LogP contribution in [-0.4, -0.2) is 43.3 Å². The molecule has 1 N–H and O–H groups in total. The maximum atomic E-state index is 5.00. The minimum absolute atomic E-state index is 0.720. The minimum atomic E-state index is 0.720. The van der Waals surface area contributed by atoms with Crippen LogP contribution in [0.4, 0.5) is 5.95 Å². The highest BCUT2D eigenvalue weighted by molar-refractivity contribution is 5.31. The lowest BCUT2D eigenvalue weighted by molar-refractivity contribution is 0.199. The summed E-state index contributed by atoms with van der Waals surface area (Å²) in [5, 5.41) is 3.30. The van der Waals surface area contributed by atoms with Crippen LogP contribution in [0, 0.1) is 11.8 Å². The molecule has 0 aliphatic carbocycles. The number of nitrogens with one attached hydrogen (secondary N) is 1. The largest absolute Gasteiger partial charge is 0.383 e. The fraction of sp³-hybridized carbons (Fsp3) is 0.733. The summed E-state index contributed by atoms with van der Waals surface area (Å²) < 4.78 is 5.00. The first-order valence-electron chi connectivity index (χ1n) is 7.44. The van der Waals surface area contributed by atoms with Crippen LogP contribution in [0.1, 0.15) is 25.8 Å². The minimum Gasteiger partial charge on any atom is -0.383 e. The van der Waals surface area contributed by atoms with Gasteiger partial charge in [0.2, 0.25) is 5.95 Å². The van der Waals surface area contributed by atoms with Gasteiger partial charge in [0.15, 0.2) is 0 Å². The Hall–Kier alpha value is -1.20. The standard InChI is InChI=1S/C15H26N4O/c1-12-6-13(2)11-19(10-12)15-17-8-14(9-18-15)7-16-4-5-20-3/h8-9,12-13,16H,4-7,10-11H2,1-3H3. The molecule has 112 valence electrons. The summed E-state index contributed by atoms with van der Waals surface area (Å²) in [5.74, 6) is 2.31. The van der Waals surface area contributed by atoms with Gasteiger partial charge in [0.1, 0.15) is 0 Å². The zero-order valence-electron chi connectivity index (χ0n) is 12.8. The van der Waals surface area contributed by atoms with E-state index in [0.29, 0.717) is 0 Å². The van der Waals surface area contributed by atoms with Gasteiger partial charge in [-0.2, -0.15) is 0 Å². The third-order valence-corrected chi connectivity index (χ3v) is 3.66. The molecule has 1 aromatic rings. The molecule has 1 fully saturated rings. The highest BCUT2D eigenvalue weighted by Crippen LogP contribution is 2.23. The molecule has 1 saturated heterocycles. The van der Waals surface area contributed by atoms with Crippen molar-refractivity contribution >= 4 is 5.95 Å². The summed E-state index contributed by atoms with van der Waals surface area (Å²) in [5.41, 5.74) is 1.11. The van der Waals surface area contributed by atoms with Crippen molar-refractivity contribution in [3.63, 3.8) is 0 Å². The van der Waals surface area contributed by atoms with E-state index in [9.17, 15) is 0 Å². The molecule has 2 rings (SSSR count). The van der Waals surface area contributed by atoms with Gasteiger partial charge in [-0.05, 0) is 18.3 Å². The normalized spacial score (nSPS) is 23.1. The van der Waals surface area contributed by atoms with E-state index in [-0.39, 0.29) is 0 Å². The monoisotopic (exact) mass is 278 g/mol. The van der Waals surface area contributed by atoms with Crippen molar-refractivity contribution in [2.24, 2.45) is 11.8 Å². The number of nitrogens with zero attached hydrogens (tertiary/aromatic N) is 3. The first kappa shape index (κ1) is 15.2. The smallest absolute Gasteiger partial charge is 0.225 e. The summed E-state index contributed by atoms with van der Waals surface area (Å²) >= 11 is 0. The number of rotatable bonds is 6. The van der Waals surface area contributed by atoms with Crippen molar-refractivity contribution in [1.29, 1.82) is 0 Å².